The molecule has 2 rings (SSSR count). The number of nitrogens with zero attached hydrogens (tertiary/aromatic N) is 1. The van der Waals surface area contributed by atoms with Crippen LogP contribution in [-0.2, 0) is 6.54 Å². The highest BCUT2D eigenvalue weighted by molar-refractivity contribution is 4.99. The normalized spacial score (nSPS) is 28.9. The predicted molar refractivity (Wildman–Crippen MR) is 60.7 cm³/mol. The second kappa shape index (κ2) is 4.81. The van der Waals surface area contributed by atoms with Gasteiger partial charge in [-0.15, -0.1) is 0 Å². The third kappa shape index (κ3) is 2.61. The SMILES string of the molecule is CC1CCNCC(C)N1Cc1ccco1. The Morgan fingerprint density at radius 3 is 3.07 bits per heavy atom. The lowest BCUT2D eigenvalue weighted by molar-refractivity contribution is 0.143. The molecular weight excluding hydrogens is 188 g/mol. The van der Waals surface area contributed by atoms with Crippen LogP contribution in [0.25, 0.3) is 0 Å². The van der Waals surface area contributed by atoms with Crippen LogP contribution in [0.4, 0.5) is 0 Å². The summed E-state index contributed by atoms with van der Waals surface area (Å²) in [4.78, 5) is 2.51. The summed E-state index contributed by atoms with van der Waals surface area (Å²) in [6.45, 7) is 7.70. The Balaban J connectivity index is 2.03. The Kier molecular flexibility index (Phi) is 3.44. The summed E-state index contributed by atoms with van der Waals surface area (Å²) in [6.07, 6.45) is 2.96. The topological polar surface area (TPSA) is 28.4 Å². The number of hydrogen-bond donors (Lipinski definition) is 1. The summed E-state index contributed by atoms with van der Waals surface area (Å²) in [5.74, 6) is 1.07. The molecule has 1 aliphatic heterocycles. The van der Waals surface area contributed by atoms with Crippen molar-refractivity contribution in [2.75, 3.05) is 13.1 Å². The van der Waals surface area contributed by atoms with Crippen molar-refractivity contribution < 1.29 is 4.42 Å². The quantitative estimate of drug-likeness (QED) is 0.804. The minimum absolute atomic E-state index is 0.576. The second-order valence-electron chi connectivity index (χ2n) is 4.44. The van der Waals surface area contributed by atoms with Crippen molar-refractivity contribution in [3.63, 3.8) is 0 Å². The molecule has 0 amide bonds. The minimum Gasteiger partial charge on any atom is -0.468 e. The Hall–Kier alpha value is -0.800. The zero-order chi connectivity index (χ0) is 10.7. The first-order chi connectivity index (χ1) is 7.27. The molecule has 1 aliphatic rings. The van der Waals surface area contributed by atoms with Crippen LogP contribution in [0.5, 0.6) is 0 Å². The van der Waals surface area contributed by atoms with E-state index < -0.39 is 0 Å². The van der Waals surface area contributed by atoms with Gasteiger partial charge in [-0.3, -0.25) is 4.90 Å². The molecule has 0 aliphatic carbocycles. The van der Waals surface area contributed by atoms with E-state index in [1.807, 2.05) is 6.07 Å². The van der Waals surface area contributed by atoms with Crippen molar-refractivity contribution in [3.8, 4) is 0 Å². The van der Waals surface area contributed by atoms with Crippen LogP contribution in [0.3, 0.4) is 0 Å². The van der Waals surface area contributed by atoms with E-state index in [1.54, 1.807) is 6.26 Å². The van der Waals surface area contributed by atoms with Gasteiger partial charge in [-0.1, -0.05) is 0 Å². The van der Waals surface area contributed by atoms with E-state index in [-0.39, 0.29) is 0 Å². The van der Waals surface area contributed by atoms with E-state index in [9.17, 15) is 0 Å². The largest absolute Gasteiger partial charge is 0.468 e. The van der Waals surface area contributed by atoms with Crippen LogP contribution in [0.2, 0.25) is 0 Å². The lowest BCUT2D eigenvalue weighted by Crippen LogP contribution is -2.41. The number of hydrogen-bond acceptors (Lipinski definition) is 3. The van der Waals surface area contributed by atoms with Crippen LogP contribution < -0.4 is 5.32 Å². The van der Waals surface area contributed by atoms with Crippen molar-refractivity contribution in [2.24, 2.45) is 0 Å². The van der Waals surface area contributed by atoms with Gasteiger partial charge in [-0.05, 0) is 38.9 Å². The maximum absolute atomic E-state index is 5.41. The van der Waals surface area contributed by atoms with Crippen molar-refractivity contribution in [1.82, 2.24) is 10.2 Å². The first kappa shape index (κ1) is 10.7. The molecular formula is C12H20N2O. The molecule has 15 heavy (non-hydrogen) atoms. The number of furan rings is 1. The van der Waals surface area contributed by atoms with Gasteiger partial charge in [-0.25, -0.2) is 0 Å². The molecule has 0 radical (unpaired) electrons. The van der Waals surface area contributed by atoms with E-state index in [2.05, 4.69) is 30.1 Å². The molecule has 2 atom stereocenters. The first-order valence-electron chi connectivity index (χ1n) is 5.76. The fraction of sp³-hybridized carbons (Fsp3) is 0.667. The molecule has 0 aromatic carbocycles. The summed E-state index contributed by atoms with van der Waals surface area (Å²) in [7, 11) is 0. The molecule has 0 bridgehead atoms. The molecule has 1 saturated heterocycles. The summed E-state index contributed by atoms with van der Waals surface area (Å²) in [5, 5.41) is 3.46. The maximum atomic E-state index is 5.41. The van der Waals surface area contributed by atoms with E-state index in [1.165, 1.54) is 6.42 Å². The molecule has 3 heteroatoms. The van der Waals surface area contributed by atoms with Crippen LogP contribution in [0.1, 0.15) is 26.0 Å². The average molecular weight is 208 g/mol. The zero-order valence-corrected chi connectivity index (χ0v) is 9.57. The van der Waals surface area contributed by atoms with Crippen LogP contribution >= 0.6 is 0 Å². The lowest BCUT2D eigenvalue weighted by atomic mass is 10.1. The van der Waals surface area contributed by atoms with Gasteiger partial charge >= 0.3 is 0 Å². The molecule has 1 aromatic rings. The van der Waals surface area contributed by atoms with E-state index in [0.717, 1.165) is 25.4 Å². The van der Waals surface area contributed by atoms with Gasteiger partial charge in [-0.2, -0.15) is 0 Å². The summed E-state index contributed by atoms with van der Waals surface area (Å²) in [5.41, 5.74) is 0. The number of rotatable bonds is 2. The summed E-state index contributed by atoms with van der Waals surface area (Å²) >= 11 is 0. The highest BCUT2D eigenvalue weighted by Gasteiger charge is 2.23. The van der Waals surface area contributed by atoms with Crippen molar-refractivity contribution in [1.29, 1.82) is 0 Å². The van der Waals surface area contributed by atoms with Gasteiger partial charge in [0.15, 0.2) is 0 Å². The molecule has 0 saturated carbocycles. The van der Waals surface area contributed by atoms with Gasteiger partial charge < -0.3 is 9.73 Å². The van der Waals surface area contributed by atoms with Gasteiger partial charge in [0.25, 0.3) is 0 Å². The van der Waals surface area contributed by atoms with Crippen LogP contribution in [0.15, 0.2) is 22.8 Å². The fourth-order valence-electron chi connectivity index (χ4n) is 2.23. The summed E-state index contributed by atoms with van der Waals surface area (Å²) < 4.78 is 5.41. The van der Waals surface area contributed by atoms with Gasteiger partial charge in [0.2, 0.25) is 0 Å². The standard InChI is InChI=1S/C12H20N2O/c1-10-5-6-13-8-11(2)14(10)9-12-4-3-7-15-12/h3-4,7,10-11,13H,5-6,8-9H2,1-2H3. The summed E-state index contributed by atoms with van der Waals surface area (Å²) in [6, 6.07) is 5.21. The second-order valence-corrected chi connectivity index (χ2v) is 4.44. The monoisotopic (exact) mass is 208 g/mol. The first-order valence-corrected chi connectivity index (χ1v) is 5.76. The van der Waals surface area contributed by atoms with Gasteiger partial charge in [0.1, 0.15) is 5.76 Å². The Morgan fingerprint density at radius 2 is 2.33 bits per heavy atom. The molecule has 1 aromatic heterocycles. The van der Waals surface area contributed by atoms with Gasteiger partial charge in [0, 0.05) is 18.6 Å². The molecule has 2 unspecified atom stereocenters. The van der Waals surface area contributed by atoms with E-state index in [4.69, 9.17) is 4.42 Å². The predicted octanol–water partition coefficient (Wildman–Crippen LogP) is 1.85. The third-order valence-electron chi connectivity index (χ3n) is 3.23. The highest BCUT2D eigenvalue weighted by Crippen LogP contribution is 2.16. The molecule has 1 fully saturated rings. The Morgan fingerprint density at radius 1 is 1.47 bits per heavy atom. The van der Waals surface area contributed by atoms with Crippen molar-refractivity contribution >= 4 is 0 Å². The lowest BCUT2D eigenvalue weighted by Gasteiger charge is -2.31. The zero-order valence-electron chi connectivity index (χ0n) is 9.57. The smallest absolute Gasteiger partial charge is 0.117 e. The highest BCUT2D eigenvalue weighted by atomic mass is 16.3. The molecule has 1 N–H and O–H groups in total. The number of nitrogens with one attached hydrogen (secondary N) is 1. The minimum atomic E-state index is 0.576. The average Bonchev–Trinajstić information content (AvgIpc) is 2.67. The third-order valence-corrected chi connectivity index (χ3v) is 3.23. The molecule has 2 heterocycles. The Labute approximate surface area is 91.4 Å². The fourth-order valence-corrected chi connectivity index (χ4v) is 2.23. The van der Waals surface area contributed by atoms with Crippen LogP contribution in [-0.4, -0.2) is 30.1 Å². The van der Waals surface area contributed by atoms with E-state index >= 15 is 0 Å². The Bertz CT molecular complexity index is 272. The molecule has 0 spiro atoms. The van der Waals surface area contributed by atoms with Crippen LogP contribution in [0, 0.1) is 0 Å². The van der Waals surface area contributed by atoms with E-state index in [0.29, 0.717) is 12.1 Å². The maximum Gasteiger partial charge on any atom is 0.117 e. The molecule has 3 nitrogen and oxygen atoms in total. The van der Waals surface area contributed by atoms with Crippen molar-refractivity contribution in [3.05, 3.63) is 24.2 Å². The molecule has 84 valence electrons. The van der Waals surface area contributed by atoms with Gasteiger partial charge in [0.05, 0.1) is 12.8 Å². The van der Waals surface area contributed by atoms with Crippen molar-refractivity contribution in [2.45, 2.75) is 38.9 Å².